The number of carboxylic acid groups (broad SMARTS) is 1. The number of aliphatic carboxylic acids is 1. The molecule has 0 spiro atoms. The van der Waals surface area contributed by atoms with Gasteiger partial charge in [-0.25, -0.2) is 4.68 Å². The van der Waals surface area contributed by atoms with Gasteiger partial charge in [0.05, 0.1) is 11.6 Å². The van der Waals surface area contributed by atoms with Crippen LogP contribution in [0.4, 0.5) is 0 Å². The van der Waals surface area contributed by atoms with Crippen LogP contribution in [0.15, 0.2) is 30.3 Å². The molecule has 1 aromatic carbocycles. The van der Waals surface area contributed by atoms with E-state index in [2.05, 4.69) is 10.4 Å². The molecule has 6 heteroatoms. The van der Waals surface area contributed by atoms with E-state index in [0.717, 1.165) is 36.2 Å². The molecule has 1 amide bonds. The fraction of sp³-hybridized carbons (Fsp3) is 0.353. The number of aromatic nitrogens is 2. The van der Waals surface area contributed by atoms with Gasteiger partial charge in [0.25, 0.3) is 5.91 Å². The molecule has 3 rings (SSSR count). The molecular formula is C17H19N3O3. The zero-order chi connectivity index (χ0) is 16.4. The molecule has 0 aliphatic heterocycles. The number of para-hydroxylation sites is 1. The molecule has 120 valence electrons. The molecule has 1 aromatic heterocycles. The third kappa shape index (κ3) is 2.97. The molecule has 1 aliphatic carbocycles. The summed E-state index contributed by atoms with van der Waals surface area (Å²) >= 11 is 0. The van der Waals surface area contributed by atoms with Gasteiger partial charge >= 0.3 is 5.97 Å². The summed E-state index contributed by atoms with van der Waals surface area (Å²) in [5.74, 6) is -1.85. The zero-order valence-electron chi connectivity index (χ0n) is 13.0. The molecule has 23 heavy (non-hydrogen) atoms. The first kappa shape index (κ1) is 15.3. The number of nitrogens with zero attached hydrogens (tertiary/aromatic N) is 2. The predicted octanol–water partition coefficient (Wildman–Crippen LogP) is 1.81. The van der Waals surface area contributed by atoms with Crippen LogP contribution in [0, 0.1) is 5.92 Å². The molecule has 1 unspecified atom stereocenters. The van der Waals surface area contributed by atoms with Gasteiger partial charge in [-0.1, -0.05) is 25.1 Å². The third-order valence-electron chi connectivity index (χ3n) is 4.14. The first-order chi connectivity index (χ1) is 11.1. The smallest absolute Gasteiger partial charge is 0.308 e. The first-order valence-electron chi connectivity index (χ1n) is 7.75. The molecule has 1 aliphatic rings. The van der Waals surface area contributed by atoms with Crippen LogP contribution >= 0.6 is 0 Å². The van der Waals surface area contributed by atoms with Crippen LogP contribution in [-0.2, 0) is 17.6 Å². The van der Waals surface area contributed by atoms with Gasteiger partial charge in [-0.15, -0.1) is 0 Å². The molecule has 1 heterocycles. The van der Waals surface area contributed by atoms with E-state index < -0.39 is 11.9 Å². The van der Waals surface area contributed by atoms with Crippen molar-refractivity contribution in [3.63, 3.8) is 0 Å². The van der Waals surface area contributed by atoms with Gasteiger partial charge in [0.2, 0.25) is 0 Å². The second-order valence-electron chi connectivity index (χ2n) is 5.82. The summed E-state index contributed by atoms with van der Waals surface area (Å²) in [4.78, 5) is 23.2. The van der Waals surface area contributed by atoms with Crippen LogP contribution in [0.25, 0.3) is 5.69 Å². The maximum Gasteiger partial charge on any atom is 0.308 e. The normalized spacial score (nSPS) is 14.3. The topological polar surface area (TPSA) is 84.2 Å². The Bertz CT molecular complexity index is 737. The SMILES string of the molecule is CC(CNC(=O)c1nn(-c2ccccc2)c2c1CCC2)C(=O)O. The van der Waals surface area contributed by atoms with Gasteiger partial charge in [0.15, 0.2) is 5.69 Å². The molecule has 2 aromatic rings. The summed E-state index contributed by atoms with van der Waals surface area (Å²) < 4.78 is 1.83. The molecule has 1 atom stereocenters. The average Bonchev–Trinajstić information content (AvgIpc) is 3.15. The lowest BCUT2D eigenvalue weighted by molar-refractivity contribution is -0.140. The number of hydrogen-bond acceptors (Lipinski definition) is 3. The fourth-order valence-corrected chi connectivity index (χ4v) is 2.82. The van der Waals surface area contributed by atoms with Crippen molar-refractivity contribution in [2.45, 2.75) is 26.2 Å². The Hall–Kier alpha value is -2.63. The van der Waals surface area contributed by atoms with E-state index >= 15 is 0 Å². The molecule has 0 bridgehead atoms. The van der Waals surface area contributed by atoms with Crippen molar-refractivity contribution >= 4 is 11.9 Å². The molecule has 0 radical (unpaired) electrons. The minimum atomic E-state index is -0.926. The average molecular weight is 313 g/mol. The summed E-state index contributed by atoms with van der Waals surface area (Å²) in [6.45, 7) is 1.66. The minimum Gasteiger partial charge on any atom is -0.481 e. The highest BCUT2D eigenvalue weighted by molar-refractivity contribution is 5.94. The van der Waals surface area contributed by atoms with Crippen molar-refractivity contribution in [3.8, 4) is 5.69 Å². The summed E-state index contributed by atoms with van der Waals surface area (Å²) in [7, 11) is 0. The largest absolute Gasteiger partial charge is 0.481 e. The van der Waals surface area contributed by atoms with E-state index in [1.807, 2.05) is 35.0 Å². The van der Waals surface area contributed by atoms with Crippen LogP contribution in [0.1, 0.15) is 35.1 Å². The van der Waals surface area contributed by atoms with Gasteiger partial charge < -0.3 is 10.4 Å². The number of rotatable bonds is 5. The second-order valence-corrected chi connectivity index (χ2v) is 5.82. The van der Waals surface area contributed by atoms with Crippen molar-refractivity contribution in [1.82, 2.24) is 15.1 Å². The molecule has 0 saturated heterocycles. The molecular weight excluding hydrogens is 294 g/mol. The summed E-state index contributed by atoms with van der Waals surface area (Å²) in [5, 5.41) is 16.1. The molecule has 0 saturated carbocycles. The Morgan fingerprint density at radius 3 is 2.74 bits per heavy atom. The minimum absolute atomic E-state index is 0.0984. The van der Waals surface area contributed by atoms with E-state index in [1.54, 1.807) is 6.92 Å². The van der Waals surface area contributed by atoms with Crippen LogP contribution < -0.4 is 5.32 Å². The van der Waals surface area contributed by atoms with Crippen molar-refractivity contribution in [3.05, 3.63) is 47.3 Å². The number of carbonyl (C=O) groups is 2. The lowest BCUT2D eigenvalue weighted by Crippen LogP contribution is -2.32. The number of benzene rings is 1. The molecule has 2 N–H and O–H groups in total. The van der Waals surface area contributed by atoms with Gasteiger partial charge in [-0.3, -0.25) is 9.59 Å². The van der Waals surface area contributed by atoms with Crippen LogP contribution in [0.5, 0.6) is 0 Å². The van der Waals surface area contributed by atoms with Crippen LogP contribution in [0.3, 0.4) is 0 Å². The Morgan fingerprint density at radius 2 is 2.04 bits per heavy atom. The van der Waals surface area contributed by atoms with Gasteiger partial charge in [-0.2, -0.15) is 5.10 Å². The molecule has 6 nitrogen and oxygen atoms in total. The Kier molecular flexibility index (Phi) is 4.14. The highest BCUT2D eigenvalue weighted by Gasteiger charge is 2.27. The highest BCUT2D eigenvalue weighted by Crippen LogP contribution is 2.27. The van der Waals surface area contributed by atoms with E-state index in [-0.39, 0.29) is 12.5 Å². The fourth-order valence-electron chi connectivity index (χ4n) is 2.82. The molecule has 0 fully saturated rings. The van der Waals surface area contributed by atoms with Gasteiger partial charge in [0, 0.05) is 17.8 Å². The van der Waals surface area contributed by atoms with E-state index in [1.165, 1.54) is 0 Å². The van der Waals surface area contributed by atoms with Crippen LogP contribution in [-0.4, -0.2) is 33.3 Å². The van der Waals surface area contributed by atoms with E-state index in [0.29, 0.717) is 5.69 Å². The zero-order valence-corrected chi connectivity index (χ0v) is 13.0. The Morgan fingerprint density at radius 1 is 1.30 bits per heavy atom. The van der Waals surface area contributed by atoms with Crippen molar-refractivity contribution in [1.29, 1.82) is 0 Å². The van der Waals surface area contributed by atoms with Crippen molar-refractivity contribution in [2.24, 2.45) is 5.92 Å². The summed E-state index contributed by atoms with van der Waals surface area (Å²) in [6.07, 6.45) is 2.74. The van der Waals surface area contributed by atoms with Crippen molar-refractivity contribution in [2.75, 3.05) is 6.54 Å². The second kappa shape index (κ2) is 6.24. The van der Waals surface area contributed by atoms with Crippen molar-refractivity contribution < 1.29 is 14.7 Å². The Balaban J connectivity index is 1.86. The van der Waals surface area contributed by atoms with Gasteiger partial charge in [-0.05, 0) is 31.4 Å². The number of nitrogens with one attached hydrogen (secondary N) is 1. The third-order valence-corrected chi connectivity index (χ3v) is 4.14. The lowest BCUT2D eigenvalue weighted by atomic mass is 10.1. The maximum absolute atomic E-state index is 12.4. The maximum atomic E-state index is 12.4. The number of carbonyl (C=O) groups excluding carboxylic acids is 1. The lowest BCUT2D eigenvalue weighted by Gasteiger charge is -2.07. The number of carboxylic acids is 1. The summed E-state index contributed by atoms with van der Waals surface area (Å²) in [6, 6.07) is 9.73. The van der Waals surface area contributed by atoms with E-state index in [9.17, 15) is 9.59 Å². The van der Waals surface area contributed by atoms with E-state index in [4.69, 9.17) is 5.11 Å². The first-order valence-corrected chi connectivity index (χ1v) is 7.75. The predicted molar refractivity (Wildman–Crippen MR) is 84.7 cm³/mol. The van der Waals surface area contributed by atoms with Crippen LogP contribution in [0.2, 0.25) is 0 Å². The number of hydrogen-bond donors (Lipinski definition) is 2. The Labute approximate surface area is 134 Å². The van der Waals surface area contributed by atoms with Gasteiger partial charge in [0.1, 0.15) is 0 Å². The standard InChI is InChI=1S/C17H19N3O3/c1-11(17(22)23)10-18-16(21)15-13-8-5-9-14(13)20(19-15)12-6-3-2-4-7-12/h2-4,6-7,11H,5,8-10H2,1H3,(H,18,21)(H,22,23). The highest BCUT2D eigenvalue weighted by atomic mass is 16.4. The quantitative estimate of drug-likeness (QED) is 0.882. The monoisotopic (exact) mass is 313 g/mol. The number of fused-ring (bicyclic) bond motifs is 1. The summed E-state index contributed by atoms with van der Waals surface area (Å²) in [5.41, 5.74) is 3.41. The number of amides is 1.